The number of nitrogens with two attached hydrogens (primary N) is 1. The molecule has 1 aliphatic heterocycles. The van der Waals surface area contributed by atoms with Gasteiger partial charge in [-0.05, 0) is 17.7 Å². The van der Waals surface area contributed by atoms with Gasteiger partial charge in [-0.25, -0.2) is 4.79 Å². The number of nitrogens with zero attached hydrogens (tertiary/aromatic N) is 1. The van der Waals surface area contributed by atoms with Gasteiger partial charge in [0, 0.05) is 25.1 Å². The zero-order valence-electron chi connectivity index (χ0n) is 10.3. The van der Waals surface area contributed by atoms with Gasteiger partial charge in [-0.2, -0.15) is 0 Å². The van der Waals surface area contributed by atoms with E-state index in [9.17, 15) is 14.7 Å². The molecule has 0 saturated carbocycles. The lowest BCUT2D eigenvalue weighted by molar-refractivity contribution is -0.141. The summed E-state index contributed by atoms with van der Waals surface area (Å²) in [7, 11) is 0. The smallest absolute Gasteiger partial charge is 0.326 e. The highest BCUT2D eigenvalue weighted by Crippen LogP contribution is 2.21. The Morgan fingerprint density at radius 1 is 1.32 bits per heavy atom. The number of rotatable bonds is 3. The summed E-state index contributed by atoms with van der Waals surface area (Å²) in [6.45, 7) is 0.434. The minimum atomic E-state index is -1.09. The Hall–Kier alpha value is -1.92. The molecular formula is C13H16N2O4. The number of benzene rings is 1. The van der Waals surface area contributed by atoms with Crippen LogP contribution in [0, 0.1) is 0 Å². The van der Waals surface area contributed by atoms with E-state index in [0.717, 1.165) is 5.56 Å². The van der Waals surface area contributed by atoms with Gasteiger partial charge in [0.1, 0.15) is 6.04 Å². The van der Waals surface area contributed by atoms with Crippen LogP contribution in [-0.2, 0) is 11.3 Å². The van der Waals surface area contributed by atoms with Gasteiger partial charge in [-0.1, -0.05) is 12.1 Å². The van der Waals surface area contributed by atoms with E-state index < -0.39 is 18.1 Å². The average Bonchev–Trinajstić information content (AvgIpc) is 2.80. The summed E-state index contributed by atoms with van der Waals surface area (Å²) in [5.74, 6) is -1.48. The van der Waals surface area contributed by atoms with Crippen molar-refractivity contribution in [3.63, 3.8) is 0 Å². The van der Waals surface area contributed by atoms with Crippen LogP contribution in [0.25, 0.3) is 0 Å². The molecule has 6 nitrogen and oxygen atoms in total. The highest BCUT2D eigenvalue weighted by molar-refractivity contribution is 5.97. The summed E-state index contributed by atoms with van der Waals surface area (Å²) in [4.78, 5) is 24.5. The molecule has 0 radical (unpaired) electrons. The lowest BCUT2D eigenvalue weighted by atomic mass is 10.1. The molecule has 0 spiro atoms. The van der Waals surface area contributed by atoms with E-state index in [2.05, 4.69) is 0 Å². The van der Waals surface area contributed by atoms with Gasteiger partial charge >= 0.3 is 5.97 Å². The maximum atomic E-state index is 12.2. The van der Waals surface area contributed by atoms with Crippen molar-refractivity contribution in [3.05, 3.63) is 35.4 Å². The Morgan fingerprint density at radius 2 is 1.95 bits per heavy atom. The van der Waals surface area contributed by atoms with Gasteiger partial charge in [-0.3, -0.25) is 4.79 Å². The number of aliphatic hydroxyl groups excluding tert-OH is 1. The molecule has 0 bridgehead atoms. The molecule has 1 aromatic carbocycles. The summed E-state index contributed by atoms with van der Waals surface area (Å²) in [5.41, 5.74) is 6.77. The second-order valence-corrected chi connectivity index (χ2v) is 4.60. The molecule has 6 heteroatoms. The maximum Gasteiger partial charge on any atom is 0.326 e. The molecule has 1 fully saturated rings. The highest BCUT2D eigenvalue weighted by Gasteiger charge is 2.39. The number of β-amino-alcohol motifs (C(OH)–C–C–N with tert-alkyl or cyclic N) is 1. The molecule has 0 aliphatic carbocycles. The fraction of sp³-hybridized carbons (Fsp3) is 0.385. The molecule has 0 aromatic heterocycles. The van der Waals surface area contributed by atoms with Crippen LogP contribution in [0.1, 0.15) is 22.3 Å². The molecule has 2 rings (SSSR count). The number of carbonyl (C=O) groups is 2. The largest absolute Gasteiger partial charge is 0.480 e. The standard InChI is InChI=1S/C13H16N2O4/c14-6-8-1-3-9(4-2-8)12(17)15-7-10(16)5-11(15)13(18)19/h1-4,10-11,16H,5-7,14H2,(H,18,19)/t10-,11-/m1/s1. The first kappa shape index (κ1) is 13.5. The molecule has 102 valence electrons. The minimum absolute atomic E-state index is 0.0500. The van der Waals surface area contributed by atoms with Gasteiger partial charge in [0.2, 0.25) is 0 Å². The number of carboxylic acid groups (broad SMARTS) is 1. The SMILES string of the molecule is NCc1ccc(C(=O)N2C[C@H](O)C[C@@H]2C(=O)O)cc1. The Labute approximate surface area is 110 Å². The fourth-order valence-electron chi connectivity index (χ4n) is 2.22. The third-order valence-corrected chi connectivity index (χ3v) is 3.26. The van der Waals surface area contributed by atoms with E-state index in [1.807, 2.05) is 0 Å². The Bertz CT molecular complexity index is 486. The molecule has 19 heavy (non-hydrogen) atoms. The third-order valence-electron chi connectivity index (χ3n) is 3.26. The Kier molecular flexibility index (Phi) is 3.82. The predicted molar refractivity (Wildman–Crippen MR) is 67.4 cm³/mol. The number of likely N-dealkylation sites (tertiary alicyclic amines) is 1. The number of hydrogen-bond acceptors (Lipinski definition) is 4. The number of carbonyl (C=O) groups excluding carboxylic acids is 1. The number of aliphatic hydroxyl groups is 1. The first-order valence-electron chi connectivity index (χ1n) is 6.03. The molecule has 1 aromatic rings. The summed E-state index contributed by atoms with van der Waals surface area (Å²) < 4.78 is 0. The van der Waals surface area contributed by atoms with Gasteiger partial charge in [-0.15, -0.1) is 0 Å². The van der Waals surface area contributed by atoms with E-state index in [0.29, 0.717) is 12.1 Å². The van der Waals surface area contributed by atoms with Crippen molar-refractivity contribution in [1.29, 1.82) is 0 Å². The minimum Gasteiger partial charge on any atom is -0.480 e. The summed E-state index contributed by atoms with van der Waals surface area (Å²) in [5, 5.41) is 18.6. The first-order chi connectivity index (χ1) is 9.02. The molecule has 0 unspecified atom stereocenters. The number of aliphatic carboxylic acids is 1. The van der Waals surface area contributed by atoms with Crippen molar-refractivity contribution in [2.75, 3.05) is 6.54 Å². The third kappa shape index (κ3) is 2.74. The van der Waals surface area contributed by atoms with Crippen LogP contribution in [0.5, 0.6) is 0 Å². The van der Waals surface area contributed by atoms with Crippen molar-refractivity contribution in [2.24, 2.45) is 5.73 Å². The van der Waals surface area contributed by atoms with Gasteiger partial charge in [0.25, 0.3) is 5.91 Å². The lowest BCUT2D eigenvalue weighted by Gasteiger charge is -2.21. The van der Waals surface area contributed by atoms with Crippen LogP contribution in [0.2, 0.25) is 0 Å². The lowest BCUT2D eigenvalue weighted by Crippen LogP contribution is -2.40. The maximum absolute atomic E-state index is 12.2. The average molecular weight is 264 g/mol. The molecule has 1 aliphatic rings. The quantitative estimate of drug-likeness (QED) is 0.701. The predicted octanol–water partition coefficient (Wildman–Crippen LogP) is -0.195. The van der Waals surface area contributed by atoms with Crippen LogP contribution >= 0.6 is 0 Å². The zero-order valence-corrected chi connectivity index (χ0v) is 10.3. The topological polar surface area (TPSA) is 104 Å². The van der Waals surface area contributed by atoms with Crippen LogP contribution in [0.4, 0.5) is 0 Å². The van der Waals surface area contributed by atoms with E-state index in [4.69, 9.17) is 10.8 Å². The van der Waals surface area contributed by atoms with Crippen LogP contribution in [-0.4, -0.2) is 45.7 Å². The van der Waals surface area contributed by atoms with E-state index in [-0.39, 0.29) is 18.9 Å². The van der Waals surface area contributed by atoms with E-state index in [1.165, 1.54) is 4.90 Å². The first-order valence-corrected chi connectivity index (χ1v) is 6.03. The van der Waals surface area contributed by atoms with Crippen molar-refractivity contribution in [3.8, 4) is 0 Å². The normalized spacial score (nSPS) is 22.5. The molecule has 1 heterocycles. The highest BCUT2D eigenvalue weighted by atomic mass is 16.4. The van der Waals surface area contributed by atoms with Crippen molar-refractivity contribution in [1.82, 2.24) is 4.90 Å². The molecule has 4 N–H and O–H groups in total. The summed E-state index contributed by atoms with van der Waals surface area (Å²) >= 11 is 0. The van der Waals surface area contributed by atoms with Gasteiger partial charge in [0.15, 0.2) is 0 Å². The second kappa shape index (κ2) is 5.38. The van der Waals surface area contributed by atoms with Crippen molar-refractivity contribution >= 4 is 11.9 Å². The van der Waals surface area contributed by atoms with Crippen LogP contribution in [0.15, 0.2) is 24.3 Å². The monoisotopic (exact) mass is 264 g/mol. The zero-order chi connectivity index (χ0) is 14.0. The molecule has 1 amide bonds. The van der Waals surface area contributed by atoms with E-state index >= 15 is 0 Å². The van der Waals surface area contributed by atoms with Crippen molar-refractivity contribution < 1.29 is 19.8 Å². The van der Waals surface area contributed by atoms with Crippen LogP contribution in [0.3, 0.4) is 0 Å². The van der Waals surface area contributed by atoms with E-state index in [1.54, 1.807) is 24.3 Å². The van der Waals surface area contributed by atoms with Gasteiger partial charge < -0.3 is 20.8 Å². The number of hydrogen-bond donors (Lipinski definition) is 3. The number of carboxylic acids is 1. The van der Waals surface area contributed by atoms with Crippen molar-refractivity contribution in [2.45, 2.75) is 25.1 Å². The fourth-order valence-corrected chi connectivity index (χ4v) is 2.22. The Morgan fingerprint density at radius 3 is 2.47 bits per heavy atom. The van der Waals surface area contributed by atoms with Crippen LogP contribution < -0.4 is 5.73 Å². The molecular weight excluding hydrogens is 248 g/mol. The van der Waals surface area contributed by atoms with Gasteiger partial charge in [0.05, 0.1) is 6.10 Å². The molecule has 1 saturated heterocycles. The summed E-state index contributed by atoms with van der Waals surface area (Å²) in [6.07, 6.45) is -0.713. The Balaban J connectivity index is 2.20. The summed E-state index contributed by atoms with van der Waals surface area (Å²) in [6, 6.07) is 5.74. The molecule has 2 atom stereocenters. The second-order valence-electron chi connectivity index (χ2n) is 4.60. The number of amides is 1.